The first-order valence-electron chi connectivity index (χ1n) is 6.22. The third-order valence-corrected chi connectivity index (χ3v) is 3.01. The maximum absolute atomic E-state index is 11.2. The summed E-state index contributed by atoms with van der Waals surface area (Å²) in [6, 6.07) is -0.161. The van der Waals surface area contributed by atoms with Crippen molar-refractivity contribution in [2.45, 2.75) is 26.3 Å². The minimum atomic E-state index is -0.805. The number of aliphatic carboxylic acids is 1. The number of hydrogen-bond acceptors (Lipinski definition) is 4. The lowest BCUT2D eigenvalue weighted by Crippen LogP contribution is -2.53. The maximum Gasteiger partial charge on any atom is 0.407 e. The summed E-state index contributed by atoms with van der Waals surface area (Å²) in [5.41, 5.74) is 0. The first-order valence-corrected chi connectivity index (χ1v) is 6.22. The van der Waals surface area contributed by atoms with E-state index in [2.05, 4.69) is 28.8 Å². The van der Waals surface area contributed by atoms with Crippen molar-refractivity contribution in [3.05, 3.63) is 0 Å². The number of carbonyl (C=O) groups is 2. The third kappa shape index (κ3) is 4.52. The van der Waals surface area contributed by atoms with E-state index < -0.39 is 18.0 Å². The molecule has 0 aromatic rings. The van der Waals surface area contributed by atoms with E-state index in [0.717, 1.165) is 6.54 Å². The highest BCUT2D eigenvalue weighted by Crippen LogP contribution is 2.18. The number of carbonyl (C=O) groups excluding carboxylic acids is 1. The zero-order valence-electron chi connectivity index (χ0n) is 11.2. The van der Waals surface area contributed by atoms with Gasteiger partial charge >= 0.3 is 12.1 Å². The summed E-state index contributed by atoms with van der Waals surface area (Å²) < 4.78 is 4.55. The molecule has 0 spiro atoms. The molecular weight excluding hydrogens is 236 g/mol. The number of rotatable bonds is 4. The Balaban J connectivity index is 2.61. The molecule has 1 aliphatic heterocycles. The topological polar surface area (TPSA) is 78.9 Å². The fourth-order valence-corrected chi connectivity index (χ4v) is 2.36. The maximum atomic E-state index is 11.2. The molecule has 1 aliphatic rings. The number of methoxy groups -OCH3 is 1. The summed E-state index contributed by atoms with van der Waals surface area (Å²) in [6.07, 6.45) is -0.0468. The molecule has 0 bridgehead atoms. The summed E-state index contributed by atoms with van der Waals surface area (Å²) in [6.45, 7) is 6.24. The molecule has 1 saturated heterocycles. The fraction of sp³-hybridized carbons (Fsp3) is 0.833. The lowest BCUT2D eigenvalue weighted by Gasteiger charge is -2.37. The number of piperidine rings is 1. The van der Waals surface area contributed by atoms with E-state index in [9.17, 15) is 9.59 Å². The lowest BCUT2D eigenvalue weighted by molar-refractivity contribution is -0.144. The Labute approximate surface area is 107 Å². The van der Waals surface area contributed by atoms with Crippen molar-refractivity contribution in [2.75, 3.05) is 26.7 Å². The molecule has 104 valence electrons. The van der Waals surface area contributed by atoms with Gasteiger partial charge < -0.3 is 20.1 Å². The van der Waals surface area contributed by atoms with Crippen LogP contribution < -0.4 is 5.32 Å². The number of carboxylic acid groups (broad SMARTS) is 1. The molecule has 0 aromatic heterocycles. The van der Waals surface area contributed by atoms with E-state index in [4.69, 9.17) is 5.11 Å². The van der Waals surface area contributed by atoms with Crippen LogP contribution in [0.5, 0.6) is 0 Å². The van der Waals surface area contributed by atoms with E-state index in [-0.39, 0.29) is 6.04 Å². The molecule has 6 nitrogen and oxygen atoms in total. The molecular formula is C12H22N2O4. The van der Waals surface area contributed by atoms with E-state index in [1.165, 1.54) is 7.11 Å². The van der Waals surface area contributed by atoms with Gasteiger partial charge in [0, 0.05) is 25.7 Å². The summed E-state index contributed by atoms with van der Waals surface area (Å²) >= 11 is 0. The van der Waals surface area contributed by atoms with E-state index >= 15 is 0 Å². The Bertz CT molecular complexity index is 306. The Morgan fingerprint density at radius 2 is 2.11 bits per heavy atom. The molecule has 6 heteroatoms. The summed E-state index contributed by atoms with van der Waals surface area (Å²) in [5, 5.41) is 11.8. The van der Waals surface area contributed by atoms with Crippen molar-refractivity contribution < 1.29 is 19.4 Å². The number of hydrogen-bond donors (Lipinski definition) is 2. The van der Waals surface area contributed by atoms with Gasteiger partial charge in [-0.1, -0.05) is 13.8 Å². The molecule has 0 saturated carbocycles. The van der Waals surface area contributed by atoms with Gasteiger partial charge in [0.05, 0.1) is 13.0 Å². The number of amides is 1. The molecule has 1 heterocycles. The highest BCUT2D eigenvalue weighted by Gasteiger charge is 2.32. The minimum absolute atomic E-state index is 0.161. The molecule has 1 fully saturated rings. The van der Waals surface area contributed by atoms with Crippen LogP contribution >= 0.6 is 0 Å². The van der Waals surface area contributed by atoms with Crippen LogP contribution in [0.4, 0.5) is 4.79 Å². The number of likely N-dealkylation sites (tertiary alicyclic amines) is 1. The molecule has 18 heavy (non-hydrogen) atoms. The Hall–Kier alpha value is -1.30. The molecule has 2 unspecified atom stereocenters. The molecule has 0 radical (unpaired) electrons. The normalized spacial score (nSPS) is 24.9. The van der Waals surface area contributed by atoms with Gasteiger partial charge in [0.25, 0.3) is 0 Å². The van der Waals surface area contributed by atoms with Crippen LogP contribution in [0.1, 0.15) is 20.3 Å². The van der Waals surface area contributed by atoms with Crippen molar-refractivity contribution >= 4 is 12.1 Å². The number of carboxylic acids is 1. The van der Waals surface area contributed by atoms with Crippen LogP contribution in [0, 0.1) is 11.8 Å². The van der Waals surface area contributed by atoms with Crippen molar-refractivity contribution in [2.24, 2.45) is 11.8 Å². The van der Waals surface area contributed by atoms with Crippen LogP contribution in [0.2, 0.25) is 0 Å². The number of ether oxygens (including phenoxy) is 1. The zero-order valence-corrected chi connectivity index (χ0v) is 11.2. The van der Waals surface area contributed by atoms with Crippen LogP contribution in [-0.2, 0) is 9.53 Å². The first kappa shape index (κ1) is 14.8. The molecule has 1 amide bonds. The Kier molecular flexibility index (Phi) is 5.40. The van der Waals surface area contributed by atoms with Crippen LogP contribution in [-0.4, -0.2) is 54.9 Å². The van der Waals surface area contributed by atoms with Gasteiger partial charge in [-0.15, -0.1) is 0 Å². The van der Waals surface area contributed by atoms with Crippen molar-refractivity contribution in [1.82, 2.24) is 10.2 Å². The Morgan fingerprint density at radius 1 is 1.44 bits per heavy atom. The van der Waals surface area contributed by atoms with E-state index in [1.54, 1.807) is 0 Å². The van der Waals surface area contributed by atoms with Gasteiger partial charge in [0.2, 0.25) is 0 Å². The van der Waals surface area contributed by atoms with Crippen molar-refractivity contribution in [3.8, 4) is 0 Å². The van der Waals surface area contributed by atoms with Crippen LogP contribution in [0.3, 0.4) is 0 Å². The van der Waals surface area contributed by atoms with Crippen LogP contribution in [0.15, 0.2) is 0 Å². The minimum Gasteiger partial charge on any atom is -0.481 e. The largest absolute Gasteiger partial charge is 0.481 e. The Morgan fingerprint density at radius 3 is 2.61 bits per heavy atom. The van der Waals surface area contributed by atoms with Gasteiger partial charge in [0.1, 0.15) is 0 Å². The van der Waals surface area contributed by atoms with Crippen molar-refractivity contribution in [3.63, 3.8) is 0 Å². The van der Waals surface area contributed by atoms with E-state index in [0.29, 0.717) is 25.4 Å². The second kappa shape index (κ2) is 6.58. The summed E-state index contributed by atoms with van der Waals surface area (Å²) in [4.78, 5) is 24.4. The van der Waals surface area contributed by atoms with E-state index in [1.807, 2.05) is 0 Å². The lowest BCUT2D eigenvalue weighted by atomic mass is 9.93. The number of nitrogens with one attached hydrogen (secondary N) is 1. The van der Waals surface area contributed by atoms with Crippen LogP contribution in [0.25, 0.3) is 0 Å². The molecule has 0 aliphatic carbocycles. The second-order valence-corrected chi connectivity index (χ2v) is 5.22. The van der Waals surface area contributed by atoms with Gasteiger partial charge in [-0.2, -0.15) is 0 Å². The molecule has 1 rings (SSSR count). The second-order valence-electron chi connectivity index (χ2n) is 5.22. The van der Waals surface area contributed by atoms with Gasteiger partial charge in [-0.3, -0.25) is 4.79 Å². The highest BCUT2D eigenvalue weighted by atomic mass is 16.5. The fourth-order valence-electron chi connectivity index (χ4n) is 2.36. The van der Waals surface area contributed by atoms with Gasteiger partial charge in [0.15, 0.2) is 0 Å². The van der Waals surface area contributed by atoms with Crippen molar-refractivity contribution in [1.29, 1.82) is 0 Å². The zero-order chi connectivity index (χ0) is 13.7. The predicted molar refractivity (Wildman–Crippen MR) is 66.3 cm³/mol. The monoisotopic (exact) mass is 258 g/mol. The number of nitrogens with zero attached hydrogens (tertiary/aromatic N) is 1. The first-order chi connectivity index (χ1) is 8.42. The highest BCUT2D eigenvalue weighted by molar-refractivity contribution is 5.71. The molecule has 0 aromatic carbocycles. The quantitative estimate of drug-likeness (QED) is 0.779. The van der Waals surface area contributed by atoms with Gasteiger partial charge in [-0.25, -0.2) is 4.79 Å². The SMILES string of the molecule is COC(=O)NC1CC(C(=O)O)CN(CC(C)C)C1. The predicted octanol–water partition coefficient (Wildman–Crippen LogP) is 0.773. The smallest absolute Gasteiger partial charge is 0.407 e. The summed E-state index contributed by atoms with van der Waals surface area (Å²) in [5.74, 6) is -0.768. The average molecular weight is 258 g/mol. The standard InChI is InChI=1S/C12H22N2O4/c1-8(2)5-14-6-9(11(15)16)4-10(7-14)13-12(17)18-3/h8-10H,4-7H2,1-3H3,(H,13,17)(H,15,16). The average Bonchev–Trinajstić information content (AvgIpc) is 2.27. The molecule has 2 N–H and O–H groups in total. The molecule has 2 atom stereocenters. The third-order valence-electron chi connectivity index (χ3n) is 3.01. The van der Waals surface area contributed by atoms with Gasteiger partial charge in [-0.05, 0) is 12.3 Å². The number of alkyl carbamates (subject to hydrolysis) is 1. The summed E-state index contributed by atoms with van der Waals surface area (Å²) in [7, 11) is 1.30.